The van der Waals surface area contributed by atoms with Crippen LogP contribution in [0.15, 0.2) is 118 Å². The monoisotopic (exact) mass is 742 g/mol. The van der Waals surface area contributed by atoms with Crippen LogP contribution in [0.2, 0.25) is 0 Å². The molecule has 4 aromatic carbocycles. The Hall–Kier alpha value is -3.15. The van der Waals surface area contributed by atoms with E-state index in [4.69, 9.17) is 0 Å². The lowest BCUT2D eigenvalue weighted by Gasteiger charge is -2.22. The fraction of sp³-hybridized carbons (Fsp3) is 0.125. The van der Waals surface area contributed by atoms with Crippen molar-refractivity contribution >= 4 is 53.8 Å². The zero-order chi connectivity index (χ0) is 31.4. The molecule has 0 radical (unpaired) electrons. The molecule has 0 fully saturated rings. The molecule has 0 spiro atoms. The van der Waals surface area contributed by atoms with Crippen LogP contribution in [0.3, 0.4) is 0 Å². The van der Waals surface area contributed by atoms with Gasteiger partial charge in [-0.3, -0.25) is 0 Å². The number of sulfone groups is 1. The van der Waals surface area contributed by atoms with Gasteiger partial charge >= 0.3 is 12.4 Å². The lowest BCUT2D eigenvalue weighted by atomic mass is 10.0. The molecule has 4 rings (SSSR count). The molecule has 43 heavy (non-hydrogen) atoms. The highest BCUT2D eigenvalue weighted by molar-refractivity contribution is 9.10. The van der Waals surface area contributed by atoms with Crippen LogP contribution in [0.4, 0.5) is 26.3 Å². The van der Waals surface area contributed by atoms with Crippen LogP contribution < -0.4 is 0 Å². The predicted octanol–water partition coefficient (Wildman–Crippen LogP) is 10.9. The number of hydrogen-bond acceptors (Lipinski definition) is 2. The molecule has 0 bridgehead atoms. The minimum atomic E-state index is -4.68. The molecular formula is C32H22Br2F6O2S. The summed E-state index contributed by atoms with van der Waals surface area (Å²) in [5.41, 5.74) is -1.83. The van der Waals surface area contributed by atoms with Crippen molar-refractivity contribution in [3.63, 3.8) is 0 Å². The average Bonchev–Trinajstić information content (AvgIpc) is 2.94. The first-order valence-corrected chi connectivity index (χ1v) is 15.8. The van der Waals surface area contributed by atoms with Crippen molar-refractivity contribution in [2.24, 2.45) is 0 Å². The van der Waals surface area contributed by atoms with Crippen LogP contribution in [0.25, 0.3) is 12.2 Å². The molecule has 0 aliphatic heterocycles. The Kier molecular flexibility index (Phi) is 10.1. The molecule has 0 aliphatic carbocycles. The maximum Gasteiger partial charge on any atom is 0.416 e. The van der Waals surface area contributed by atoms with Crippen molar-refractivity contribution in [3.05, 3.63) is 152 Å². The summed E-state index contributed by atoms with van der Waals surface area (Å²) >= 11 is 6.60. The Morgan fingerprint density at radius 3 is 1.19 bits per heavy atom. The van der Waals surface area contributed by atoms with E-state index in [2.05, 4.69) is 31.9 Å². The third-order valence-electron chi connectivity index (χ3n) is 6.54. The minimum Gasteiger partial charge on any atom is -0.227 e. The van der Waals surface area contributed by atoms with Gasteiger partial charge in [-0.2, -0.15) is 26.3 Å². The van der Waals surface area contributed by atoms with Gasteiger partial charge in [0.05, 0.1) is 11.1 Å². The van der Waals surface area contributed by atoms with Crippen molar-refractivity contribution in [2.75, 3.05) is 0 Å². The quantitative estimate of drug-likeness (QED) is 0.168. The second kappa shape index (κ2) is 13.2. The molecule has 0 saturated heterocycles. The van der Waals surface area contributed by atoms with Gasteiger partial charge in [0.25, 0.3) is 0 Å². The van der Waals surface area contributed by atoms with Crippen LogP contribution >= 0.6 is 31.9 Å². The minimum absolute atomic E-state index is 0.234. The van der Waals surface area contributed by atoms with E-state index in [1.165, 1.54) is 72.8 Å². The molecule has 0 aliphatic rings. The van der Waals surface area contributed by atoms with Gasteiger partial charge in [0.15, 0.2) is 9.84 Å². The highest BCUT2D eigenvalue weighted by Crippen LogP contribution is 2.40. The molecule has 0 N–H and O–H groups in total. The first-order valence-electron chi connectivity index (χ1n) is 12.6. The number of halogens is 8. The van der Waals surface area contributed by atoms with Crippen LogP contribution in [0.1, 0.15) is 43.9 Å². The fourth-order valence-corrected chi connectivity index (χ4v) is 6.98. The van der Waals surface area contributed by atoms with Gasteiger partial charge in [0.2, 0.25) is 0 Å². The van der Waals surface area contributed by atoms with Gasteiger partial charge < -0.3 is 0 Å². The summed E-state index contributed by atoms with van der Waals surface area (Å²) in [6.07, 6.45) is -4.80. The van der Waals surface area contributed by atoms with Crippen LogP contribution in [0, 0.1) is 0 Å². The maximum absolute atomic E-state index is 14.4. The number of rotatable bonds is 8. The van der Waals surface area contributed by atoms with Gasteiger partial charge in [0, 0.05) is 8.95 Å². The Balaban J connectivity index is 1.89. The fourth-order valence-electron chi connectivity index (χ4n) is 4.47. The summed E-state index contributed by atoms with van der Waals surface area (Å²) in [4.78, 5) is 0. The maximum atomic E-state index is 14.4. The van der Waals surface area contributed by atoms with Gasteiger partial charge in [-0.1, -0.05) is 117 Å². The predicted molar refractivity (Wildman–Crippen MR) is 164 cm³/mol. The van der Waals surface area contributed by atoms with Gasteiger partial charge in [-0.15, -0.1) is 0 Å². The van der Waals surface area contributed by atoms with Crippen molar-refractivity contribution in [1.82, 2.24) is 0 Å². The Morgan fingerprint density at radius 1 is 0.535 bits per heavy atom. The zero-order valence-corrected chi connectivity index (χ0v) is 25.9. The molecule has 2 atom stereocenters. The van der Waals surface area contributed by atoms with Crippen molar-refractivity contribution < 1.29 is 34.8 Å². The first-order chi connectivity index (χ1) is 20.2. The van der Waals surface area contributed by atoms with Gasteiger partial charge in [0.1, 0.15) is 10.5 Å². The second-order valence-electron chi connectivity index (χ2n) is 9.42. The summed E-state index contributed by atoms with van der Waals surface area (Å²) in [6.45, 7) is 0. The van der Waals surface area contributed by atoms with E-state index in [-0.39, 0.29) is 22.3 Å². The molecule has 0 saturated carbocycles. The van der Waals surface area contributed by atoms with Crippen molar-refractivity contribution in [3.8, 4) is 0 Å². The average molecular weight is 744 g/mol. The zero-order valence-electron chi connectivity index (χ0n) is 22.0. The lowest BCUT2D eigenvalue weighted by Crippen LogP contribution is -2.19. The summed E-state index contributed by atoms with van der Waals surface area (Å²) in [5.74, 6) is 0. The molecule has 0 heterocycles. The molecule has 224 valence electrons. The molecular weight excluding hydrogens is 722 g/mol. The molecule has 0 amide bonds. The Morgan fingerprint density at radius 2 is 0.860 bits per heavy atom. The van der Waals surface area contributed by atoms with E-state index in [9.17, 15) is 34.8 Å². The largest absolute Gasteiger partial charge is 0.416 e. The van der Waals surface area contributed by atoms with E-state index in [0.717, 1.165) is 24.3 Å². The smallest absolute Gasteiger partial charge is 0.227 e. The third kappa shape index (κ3) is 8.07. The highest BCUT2D eigenvalue weighted by Gasteiger charge is 2.36. The number of alkyl halides is 6. The summed E-state index contributed by atoms with van der Waals surface area (Å²) < 4.78 is 112. The molecule has 2 nitrogen and oxygen atoms in total. The Bertz CT molecular complexity index is 1600. The molecule has 11 heteroatoms. The SMILES string of the molecule is O=S(=O)(C(C=Cc1ccccc1C(F)(F)F)c1ccc(Br)cc1)C(C=Cc1ccccc1C(F)(F)F)c1ccc(Br)cc1. The highest BCUT2D eigenvalue weighted by atomic mass is 79.9. The molecule has 4 aromatic rings. The summed E-state index contributed by atoms with van der Waals surface area (Å²) in [6, 6.07) is 22.0. The van der Waals surface area contributed by atoms with Gasteiger partial charge in [-0.25, -0.2) is 8.42 Å². The van der Waals surface area contributed by atoms with Crippen molar-refractivity contribution in [2.45, 2.75) is 22.9 Å². The van der Waals surface area contributed by atoms with E-state index in [0.29, 0.717) is 8.95 Å². The van der Waals surface area contributed by atoms with Crippen molar-refractivity contribution in [1.29, 1.82) is 0 Å². The molecule has 2 unspecified atom stereocenters. The standard InChI is InChI=1S/C32H22Br2F6O2S/c33-25-15-9-23(10-16-25)29(19-13-21-5-1-3-7-27(21)31(35,36)37)43(41,42)30(24-11-17-26(34)18-12-24)20-14-22-6-2-4-8-28(22)32(38,39)40/h1-20,29-30H. The van der Waals surface area contributed by atoms with E-state index in [1.807, 2.05) is 0 Å². The second-order valence-corrected chi connectivity index (χ2v) is 13.4. The third-order valence-corrected chi connectivity index (χ3v) is 9.87. The summed E-state index contributed by atoms with van der Waals surface area (Å²) in [7, 11) is -4.40. The first kappa shape index (κ1) is 32.8. The number of hydrogen-bond donors (Lipinski definition) is 0. The van der Waals surface area contributed by atoms with Gasteiger partial charge in [-0.05, 0) is 58.7 Å². The summed E-state index contributed by atoms with van der Waals surface area (Å²) in [5, 5.41) is -2.92. The van der Waals surface area contributed by atoms with E-state index < -0.39 is 43.8 Å². The number of benzene rings is 4. The Labute approximate surface area is 261 Å². The van der Waals surface area contributed by atoms with Crippen LogP contribution in [0.5, 0.6) is 0 Å². The lowest BCUT2D eigenvalue weighted by molar-refractivity contribution is -0.138. The van der Waals surface area contributed by atoms with Crippen LogP contribution in [-0.4, -0.2) is 8.42 Å². The molecule has 0 aromatic heterocycles. The van der Waals surface area contributed by atoms with E-state index >= 15 is 0 Å². The van der Waals surface area contributed by atoms with E-state index in [1.54, 1.807) is 24.3 Å². The topological polar surface area (TPSA) is 34.1 Å². The normalized spacial score (nSPS) is 14.3. The van der Waals surface area contributed by atoms with Crippen LogP contribution in [-0.2, 0) is 22.2 Å².